The van der Waals surface area contributed by atoms with Crippen LogP contribution in [0.15, 0.2) is 62.5 Å². The maximum absolute atomic E-state index is 12.6. The standard InChI is InChI=1S/C20H22ClF3N8O.C20H23ClF2N8O/c1-3-15(33)32-9-12(5-4-11(32)2)27-18-16-14(21)7-25-17(16)29-19(30-18)28-13-6-26-31(8-13)10-20(22,23)24;1-3-16(32)31-9-12(5-4-11(31)2)26-19-17-14(21)7-24-18(17)28-20(29-19)27-13-6-25-30(8-13)10-15(22)23/h3,6-8,11-12H,1,4-5,9-10H2,2H3,(H3,25,27,28,29,30);3,6-8,11-12,15H,1,4-5,9-10H2,2H3,(H3,24,26,27,28,29)/t2*11-,12+/m00/s1. The van der Waals surface area contributed by atoms with Crippen LogP contribution in [-0.4, -0.2) is 121 Å². The van der Waals surface area contributed by atoms with Crippen LogP contribution in [0.5, 0.6) is 0 Å². The monoisotopic (exact) mass is 946 g/mol. The fraction of sp³-hybridized carbons (Fsp3) is 0.400. The fourth-order valence-electron chi connectivity index (χ4n) is 7.62. The summed E-state index contributed by atoms with van der Waals surface area (Å²) in [6.07, 6.45) is 7.58. The SMILES string of the molecule is C=CC(=O)N1C[C@H](Nc2nc(Nc3cnn(CC(F)(F)F)c3)nc3[nH]cc(Cl)c23)CC[C@@H]1C.C=CC(=O)N1C[C@H](Nc2nc(Nc3cnn(CC(F)F)c3)nc3[nH]cc(Cl)c23)CC[C@@H]1C. The predicted molar refractivity (Wildman–Crippen MR) is 237 cm³/mol. The first kappa shape index (κ1) is 46.5. The van der Waals surface area contributed by atoms with Gasteiger partial charge >= 0.3 is 6.18 Å². The number of aromatic amines is 2. The Labute approximate surface area is 378 Å². The van der Waals surface area contributed by atoms with Crippen molar-refractivity contribution in [3.63, 3.8) is 0 Å². The van der Waals surface area contributed by atoms with Gasteiger partial charge in [0.2, 0.25) is 23.7 Å². The lowest BCUT2D eigenvalue weighted by Gasteiger charge is -2.38. The highest BCUT2D eigenvalue weighted by atomic mass is 35.5. The zero-order valence-corrected chi connectivity index (χ0v) is 36.5. The van der Waals surface area contributed by atoms with Crippen LogP contribution in [0.2, 0.25) is 10.0 Å². The molecule has 2 aliphatic heterocycles. The molecule has 8 rings (SSSR count). The highest BCUT2D eigenvalue weighted by molar-refractivity contribution is 6.36. The number of carbonyl (C=O) groups is 2. The number of amides is 2. The molecule has 65 heavy (non-hydrogen) atoms. The number of likely N-dealkylation sites (tertiary alicyclic amines) is 2. The Bertz CT molecular complexity index is 2660. The van der Waals surface area contributed by atoms with Gasteiger partial charge in [-0.2, -0.15) is 43.3 Å². The second kappa shape index (κ2) is 19.7. The van der Waals surface area contributed by atoms with Gasteiger partial charge in [0.05, 0.1) is 44.6 Å². The molecule has 25 heteroatoms. The Morgan fingerprint density at radius 3 is 1.65 bits per heavy atom. The summed E-state index contributed by atoms with van der Waals surface area (Å²) >= 11 is 12.7. The Balaban J connectivity index is 0.000000194. The number of hydrogen-bond donors (Lipinski definition) is 6. The number of hydrogen-bond acceptors (Lipinski definition) is 12. The molecule has 0 unspecified atom stereocenters. The molecule has 346 valence electrons. The average molecular weight is 948 g/mol. The molecule has 0 saturated carbocycles. The van der Waals surface area contributed by atoms with E-state index in [4.69, 9.17) is 23.2 Å². The third-order valence-electron chi connectivity index (χ3n) is 10.8. The number of fused-ring (bicyclic) bond motifs is 2. The lowest BCUT2D eigenvalue weighted by atomic mass is 9.99. The van der Waals surface area contributed by atoms with E-state index in [2.05, 4.69) is 74.5 Å². The summed E-state index contributed by atoms with van der Waals surface area (Å²) in [5.41, 5.74) is 1.74. The number of piperidine rings is 2. The minimum absolute atomic E-state index is 0.0409. The summed E-state index contributed by atoms with van der Waals surface area (Å²) in [4.78, 5) is 51.7. The topological polar surface area (TPSA) is 208 Å². The van der Waals surface area contributed by atoms with Gasteiger partial charge in [-0.15, -0.1) is 0 Å². The van der Waals surface area contributed by atoms with Crippen molar-refractivity contribution in [3.8, 4) is 0 Å². The third kappa shape index (κ3) is 11.4. The second-order valence-electron chi connectivity index (χ2n) is 15.6. The normalized spacial score (nSPS) is 18.9. The molecule has 2 aliphatic rings. The molecule has 2 saturated heterocycles. The van der Waals surface area contributed by atoms with Crippen LogP contribution in [0.3, 0.4) is 0 Å². The average Bonchev–Trinajstić information content (AvgIpc) is 4.06. The Morgan fingerprint density at radius 1 is 0.769 bits per heavy atom. The van der Waals surface area contributed by atoms with Crippen LogP contribution in [0.4, 0.5) is 56.9 Å². The van der Waals surface area contributed by atoms with Gasteiger partial charge < -0.3 is 41.0 Å². The van der Waals surface area contributed by atoms with E-state index in [1.54, 1.807) is 22.2 Å². The summed E-state index contributed by atoms with van der Waals surface area (Å²) < 4.78 is 64.8. The van der Waals surface area contributed by atoms with E-state index in [1.807, 2.05) is 13.8 Å². The van der Waals surface area contributed by atoms with Crippen LogP contribution >= 0.6 is 23.2 Å². The van der Waals surface area contributed by atoms with E-state index in [0.717, 1.165) is 35.0 Å². The van der Waals surface area contributed by atoms with Gasteiger partial charge in [-0.1, -0.05) is 36.4 Å². The molecule has 4 atom stereocenters. The molecule has 0 radical (unpaired) electrons. The maximum Gasteiger partial charge on any atom is 0.408 e. The molecule has 8 heterocycles. The first-order valence-electron chi connectivity index (χ1n) is 20.4. The van der Waals surface area contributed by atoms with E-state index >= 15 is 0 Å². The smallest absolute Gasteiger partial charge is 0.365 e. The molecule has 2 fully saturated rings. The van der Waals surface area contributed by atoms with Gasteiger partial charge in [0.15, 0.2) is 0 Å². The Morgan fingerprint density at radius 2 is 1.22 bits per heavy atom. The molecule has 0 aromatic carbocycles. The van der Waals surface area contributed by atoms with Crippen molar-refractivity contribution in [2.75, 3.05) is 34.4 Å². The summed E-state index contributed by atoms with van der Waals surface area (Å²) in [5, 5.41) is 22.3. The van der Waals surface area contributed by atoms with Crippen LogP contribution < -0.4 is 21.3 Å². The van der Waals surface area contributed by atoms with E-state index in [9.17, 15) is 31.5 Å². The maximum atomic E-state index is 12.6. The number of nitrogens with zero attached hydrogens (tertiary/aromatic N) is 10. The number of nitrogens with one attached hydrogen (secondary N) is 6. The van der Waals surface area contributed by atoms with E-state index < -0.39 is 25.7 Å². The van der Waals surface area contributed by atoms with Crippen molar-refractivity contribution >= 4 is 92.0 Å². The number of H-pyrrole nitrogens is 2. The quantitative estimate of drug-likeness (QED) is 0.0483. The van der Waals surface area contributed by atoms with Gasteiger partial charge in [0, 0.05) is 62.0 Å². The largest absolute Gasteiger partial charge is 0.408 e. The first-order valence-corrected chi connectivity index (χ1v) is 21.1. The zero-order valence-electron chi connectivity index (χ0n) is 35.0. The fourth-order valence-corrected chi connectivity index (χ4v) is 8.09. The molecule has 0 bridgehead atoms. The van der Waals surface area contributed by atoms with Gasteiger partial charge in [-0.3, -0.25) is 19.0 Å². The number of carbonyl (C=O) groups excluding carboxylic acids is 2. The molecule has 6 N–H and O–H groups in total. The Kier molecular flexibility index (Phi) is 14.1. The number of aromatic nitrogens is 10. The van der Waals surface area contributed by atoms with Crippen molar-refractivity contribution in [1.82, 2.24) is 59.3 Å². The van der Waals surface area contributed by atoms with Gasteiger partial charge in [0.1, 0.15) is 36.0 Å². The van der Waals surface area contributed by atoms with Crippen molar-refractivity contribution in [1.29, 1.82) is 0 Å². The van der Waals surface area contributed by atoms with Crippen LogP contribution in [-0.2, 0) is 22.7 Å². The molecule has 18 nitrogen and oxygen atoms in total. The van der Waals surface area contributed by atoms with Crippen LogP contribution in [0.25, 0.3) is 22.1 Å². The minimum Gasteiger partial charge on any atom is -0.365 e. The lowest BCUT2D eigenvalue weighted by molar-refractivity contribution is -0.142. The van der Waals surface area contributed by atoms with E-state index in [1.165, 1.54) is 36.9 Å². The van der Waals surface area contributed by atoms with Crippen LogP contribution in [0, 0.1) is 0 Å². The van der Waals surface area contributed by atoms with Gasteiger partial charge in [-0.25, -0.2) is 8.78 Å². The number of anilines is 6. The highest BCUT2D eigenvalue weighted by Crippen LogP contribution is 2.33. The first-order chi connectivity index (χ1) is 31.0. The second-order valence-corrected chi connectivity index (χ2v) is 16.4. The molecular weight excluding hydrogens is 902 g/mol. The summed E-state index contributed by atoms with van der Waals surface area (Å²) in [5.74, 6) is 1.10. The van der Waals surface area contributed by atoms with E-state index in [0.29, 0.717) is 68.2 Å². The molecule has 0 aliphatic carbocycles. The number of rotatable bonds is 13. The minimum atomic E-state index is -4.38. The Hall–Kier alpha value is -6.49. The summed E-state index contributed by atoms with van der Waals surface area (Å²) in [6, 6.07) is 0.0967. The van der Waals surface area contributed by atoms with Crippen molar-refractivity contribution < 1.29 is 31.5 Å². The third-order valence-corrected chi connectivity index (χ3v) is 11.4. The van der Waals surface area contributed by atoms with E-state index in [-0.39, 0.29) is 47.9 Å². The zero-order chi connectivity index (χ0) is 46.6. The van der Waals surface area contributed by atoms with Crippen molar-refractivity contribution in [2.24, 2.45) is 0 Å². The molecule has 6 aromatic heterocycles. The molecule has 6 aromatic rings. The van der Waals surface area contributed by atoms with Crippen LogP contribution in [0.1, 0.15) is 39.5 Å². The molecule has 2 amide bonds. The molecular formula is C40H45Cl2F5N16O2. The number of halogens is 7. The summed E-state index contributed by atoms with van der Waals surface area (Å²) in [7, 11) is 0. The molecule has 0 spiro atoms. The van der Waals surface area contributed by atoms with Crippen molar-refractivity contribution in [2.45, 2.75) is 89.4 Å². The summed E-state index contributed by atoms with van der Waals surface area (Å²) in [6.45, 7) is 10.4. The van der Waals surface area contributed by atoms with Crippen molar-refractivity contribution in [3.05, 3.63) is 72.5 Å². The highest BCUT2D eigenvalue weighted by Gasteiger charge is 2.31. The predicted octanol–water partition coefficient (Wildman–Crippen LogP) is 7.89. The van der Waals surface area contributed by atoms with Gasteiger partial charge in [0.25, 0.3) is 6.43 Å². The number of alkyl halides is 5. The lowest BCUT2D eigenvalue weighted by Crippen LogP contribution is -2.49. The van der Waals surface area contributed by atoms with Gasteiger partial charge in [-0.05, 0) is 51.7 Å².